The van der Waals surface area contributed by atoms with Crippen molar-refractivity contribution in [2.24, 2.45) is 5.92 Å². The van der Waals surface area contributed by atoms with Gasteiger partial charge in [0.2, 0.25) is 0 Å². The first-order valence-electron chi connectivity index (χ1n) is 7.53. The Balaban J connectivity index is 1.95. The zero-order valence-electron chi connectivity index (χ0n) is 12.6. The van der Waals surface area contributed by atoms with Gasteiger partial charge in [0.15, 0.2) is 11.5 Å². The first kappa shape index (κ1) is 14.7. The monoisotopic (exact) mass is 310 g/mol. The molecule has 1 saturated heterocycles. The lowest BCUT2D eigenvalue weighted by atomic mass is 10.2. The smallest absolute Gasteiger partial charge is 0.178 e. The molecule has 1 saturated carbocycles. The van der Waals surface area contributed by atoms with E-state index in [2.05, 4.69) is 4.90 Å². The van der Waals surface area contributed by atoms with E-state index in [4.69, 9.17) is 15.2 Å². The van der Waals surface area contributed by atoms with Crippen LogP contribution >= 0.6 is 11.3 Å². The molecule has 0 amide bonds. The standard InChI is InChI=1S/C15H22N2O3S/c1-9(2)20-13-11(16)14(12(18)10-3-4-10)21-15(13)17-5-7-19-8-6-17/h9-10H,3-8,16H2,1-2H3. The van der Waals surface area contributed by atoms with Crippen molar-refractivity contribution in [1.82, 2.24) is 0 Å². The summed E-state index contributed by atoms with van der Waals surface area (Å²) in [6.45, 7) is 6.97. The van der Waals surface area contributed by atoms with Crippen LogP contribution in [-0.4, -0.2) is 38.2 Å². The van der Waals surface area contributed by atoms with Gasteiger partial charge in [-0.25, -0.2) is 0 Å². The molecule has 21 heavy (non-hydrogen) atoms. The number of rotatable bonds is 5. The summed E-state index contributed by atoms with van der Waals surface area (Å²) in [6.07, 6.45) is 2.01. The second kappa shape index (κ2) is 5.85. The first-order valence-corrected chi connectivity index (χ1v) is 8.35. The van der Waals surface area contributed by atoms with Crippen LogP contribution in [0.15, 0.2) is 0 Å². The van der Waals surface area contributed by atoms with Gasteiger partial charge in [0.1, 0.15) is 5.00 Å². The number of morpholine rings is 1. The van der Waals surface area contributed by atoms with Crippen LogP contribution in [0.25, 0.3) is 0 Å². The van der Waals surface area contributed by atoms with E-state index >= 15 is 0 Å². The molecule has 0 spiro atoms. The van der Waals surface area contributed by atoms with E-state index in [9.17, 15) is 4.79 Å². The number of nitrogen functional groups attached to an aromatic ring is 1. The van der Waals surface area contributed by atoms with Crippen molar-refractivity contribution in [2.75, 3.05) is 36.9 Å². The minimum atomic E-state index is 0.0329. The van der Waals surface area contributed by atoms with Gasteiger partial charge in [-0.3, -0.25) is 4.79 Å². The van der Waals surface area contributed by atoms with Gasteiger partial charge in [0.25, 0.3) is 0 Å². The summed E-state index contributed by atoms with van der Waals surface area (Å²) in [4.78, 5) is 15.3. The normalized spacial score (nSPS) is 19.1. The maximum atomic E-state index is 12.4. The number of nitrogens with zero attached hydrogens (tertiary/aromatic N) is 1. The van der Waals surface area contributed by atoms with Crippen molar-refractivity contribution in [1.29, 1.82) is 0 Å². The molecule has 2 N–H and O–H groups in total. The Morgan fingerprint density at radius 3 is 2.62 bits per heavy atom. The summed E-state index contributed by atoms with van der Waals surface area (Å²) in [6, 6.07) is 0. The van der Waals surface area contributed by atoms with Gasteiger partial charge < -0.3 is 20.1 Å². The van der Waals surface area contributed by atoms with Crippen molar-refractivity contribution in [3.63, 3.8) is 0 Å². The van der Waals surface area contributed by atoms with Gasteiger partial charge in [0.05, 0.1) is 29.9 Å². The number of nitrogens with two attached hydrogens (primary N) is 1. The van der Waals surface area contributed by atoms with Crippen molar-refractivity contribution in [3.05, 3.63) is 4.88 Å². The van der Waals surface area contributed by atoms with Crippen molar-refractivity contribution >= 4 is 27.8 Å². The average molecular weight is 310 g/mol. The third-order valence-corrected chi connectivity index (χ3v) is 4.97. The summed E-state index contributed by atoms with van der Waals surface area (Å²) in [5.41, 5.74) is 6.75. The van der Waals surface area contributed by atoms with E-state index in [0.29, 0.717) is 29.5 Å². The van der Waals surface area contributed by atoms with E-state index in [-0.39, 0.29) is 17.8 Å². The average Bonchev–Trinajstić information content (AvgIpc) is 3.26. The van der Waals surface area contributed by atoms with Gasteiger partial charge >= 0.3 is 0 Å². The Bertz CT molecular complexity index is 531. The van der Waals surface area contributed by atoms with Crippen molar-refractivity contribution in [3.8, 4) is 5.75 Å². The van der Waals surface area contributed by atoms with Crippen LogP contribution in [0.5, 0.6) is 5.75 Å². The SMILES string of the molecule is CC(C)Oc1c(N2CCOCC2)sc(C(=O)C2CC2)c1N. The van der Waals surface area contributed by atoms with Gasteiger partial charge in [-0.1, -0.05) is 0 Å². The summed E-state index contributed by atoms with van der Waals surface area (Å²) in [7, 11) is 0. The predicted molar refractivity (Wildman–Crippen MR) is 84.6 cm³/mol. The lowest BCUT2D eigenvalue weighted by Crippen LogP contribution is -2.36. The van der Waals surface area contributed by atoms with Crippen molar-refractivity contribution < 1.29 is 14.3 Å². The number of hydrogen-bond donors (Lipinski definition) is 1. The van der Waals surface area contributed by atoms with Gasteiger partial charge in [-0.05, 0) is 26.7 Å². The van der Waals surface area contributed by atoms with E-state index in [0.717, 1.165) is 30.9 Å². The number of carbonyl (C=O) groups excluding carboxylic acids is 1. The molecule has 5 nitrogen and oxygen atoms in total. The Labute approximate surface area is 129 Å². The molecule has 0 atom stereocenters. The van der Waals surface area contributed by atoms with Gasteiger partial charge in [-0.15, -0.1) is 11.3 Å². The van der Waals surface area contributed by atoms with Crippen LogP contribution in [0.2, 0.25) is 0 Å². The lowest BCUT2D eigenvalue weighted by molar-refractivity contribution is 0.0972. The Kier molecular flexibility index (Phi) is 4.08. The zero-order chi connectivity index (χ0) is 15.0. The van der Waals surface area contributed by atoms with Crippen LogP contribution < -0.4 is 15.4 Å². The number of ketones is 1. The molecule has 2 aliphatic rings. The van der Waals surface area contributed by atoms with Gasteiger partial charge in [-0.2, -0.15) is 0 Å². The maximum Gasteiger partial charge on any atom is 0.178 e. The molecular weight excluding hydrogens is 288 g/mol. The minimum Gasteiger partial charge on any atom is -0.486 e. The second-order valence-corrected chi connectivity index (χ2v) is 6.88. The Morgan fingerprint density at radius 2 is 2.05 bits per heavy atom. The summed E-state index contributed by atoms with van der Waals surface area (Å²) in [5.74, 6) is 1.04. The highest BCUT2D eigenvalue weighted by atomic mass is 32.1. The van der Waals surface area contributed by atoms with E-state index < -0.39 is 0 Å². The molecule has 1 aliphatic carbocycles. The van der Waals surface area contributed by atoms with Crippen LogP contribution in [0.4, 0.5) is 10.7 Å². The van der Waals surface area contributed by atoms with E-state index in [1.165, 1.54) is 11.3 Å². The molecule has 3 rings (SSSR count). The molecule has 0 radical (unpaired) electrons. The van der Waals surface area contributed by atoms with Crippen molar-refractivity contribution in [2.45, 2.75) is 32.8 Å². The molecule has 0 unspecified atom stereocenters. The highest BCUT2D eigenvalue weighted by Crippen LogP contribution is 2.48. The summed E-state index contributed by atoms with van der Waals surface area (Å²) in [5, 5.41) is 0.980. The fraction of sp³-hybridized carbons (Fsp3) is 0.667. The predicted octanol–water partition coefficient (Wildman–Crippen LogP) is 2.55. The Morgan fingerprint density at radius 1 is 1.38 bits per heavy atom. The molecule has 116 valence electrons. The molecule has 1 aromatic rings. The molecule has 0 aromatic carbocycles. The van der Waals surface area contributed by atoms with Gasteiger partial charge in [0, 0.05) is 19.0 Å². The molecule has 1 aliphatic heterocycles. The summed E-state index contributed by atoms with van der Waals surface area (Å²) >= 11 is 1.48. The van der Waals surface area contributed by atoms with E-state index in [1.54, 1.807) is 0 Å². The fourth-order valence-corrected chi connectivity index (χ4v) is 3.68. The number of anilines is 2. The minimum absolute atomic E-state index is 0.0329. The van der Waals surface area contributed by atoms with Crippen LogP contribution in [-0.2, 0) is 4.74 Å². The highest BCUT2D eigenvalue weighted by Gasteiger charge is 2.35. The zero-order valence-corrected chi connectivity index (χ0v) is 13.4. The fourth-order valence-electron chi connectivity index (χ4n) is 2.45. The highest BCUT2D eigenvalue weighted by molar-refractivity contribution is 7.19. The number of ether oxygens (including phenoxy) is 2. The lowest BCUT2D eigenvalue weighted by Gasteiger charge is -2.28. The number of thiophene rings is 1. The van der Waals surface area contributed by atoms with Crippen LogP contribution in [0, 0.1) is 5.92 Å². The van der Waals surface area contributed by atoms with Crippen LogP contribution in [0.3, 0.4) is 0 Å². The number of carbonyl (C=O) groups is 1. The number of hydrogen-bond acceptors (Lipinski definition) is 6. The topological polar surface area (TPSA) is 64.8 Å². The second-order valence-electron chi connectivity index (χ2n) is 5.88. The quantitative estimate of drug-likeness (QED) is 0.847. The molecule has 6 heteroatoms. The molecule has 2 fully saturated rings. The molecule has 2 heterocycles. The first-order chi connectivity index (χ1) is 10.1. The third kappa shape index (κ3) is 3.01. The third-order valence-electron chi connectivity index (χ3n) is 3.71. The largest absolute Gasteiger partial charge is 0.486 e. The Hall–Kier alpha value is -1.27. The molecular formula is C15H22N2O3S. The molecule has 1 aromatic heterocycles. The molecule has 0 bridgehead atoms. The van der Waals surface area contributed by atoms with Crippen LogP contribution in [0.1, 0.15) is 36.4 Å². The maximum absolute atomic E-state index is 12.4. The number of Topliss-reactive ketones (excluding diaryl/α,β-unsaturated/α-hetero) is 1. The summed E-state index contributed by atoms with van der Waals surface area (Å²) < 4.78 is 11.3. The van der Waals surface area contributed by atoms with E-state index in [1.807, 2.05) is 13.8 Å².